The van der Waals surface area contributed by atoms with Crippen molar-refractivity contribution in [3.05, 3.63) is 46.3 Å². The van der Waals surface area contributed by atoms with Gasteiger partial charge in [0.15, 0.2) is 0 Å². The fourth-order valence-electron chi connectivity index (χ4n) is 1.22. The van der Waals surface area contributed by atoms with Crippen LogP contribution in [0.5, 0.6) is 0 Å². The van der Waals surface area contributed by atoms with Crippen LogP contribution in [0.3, 0.4) is 0 Å². The molecule has 1 rings (SSSR count). The summed E-state index contributed by atoms with van der Waals surface area (Å²) in [6.45, 7) is 0.717. The molecule has 0 spiro atoms. The van der Waals surface area contributed by atoms with Gasteiger partial charge in [-0.3, -0.25) is 0 Å². The summed E-state index contributed by atoms with van der Waals surface area (Å²) in [5.74, 6) is 0. The molecule has 0 aliphatic rings. The van der Waals surface area contributed by atoms with E-state index >= 15 is 0 Å². The van der Waals surface area contributed by atoms with Crippen molar-refractivity contribution in [3.8, 4) is 0 Å². The second-order valence-corrected chi connectivity index (χ2v) is 3.26. The summed E-state index contributed by atoms with van der Waals surface area (Å²) in [5, 5.41) is 3.47. The van der Waals surface area contributed by atoms with E-state index in [0.717, 1.165) is 11.8 Å². The summed E-state index contributed by atoms with van der Waals surface area (Å²) >= 11 is 0. The van der Waals surface area contributed by atoms with Gasteiger partial charge < -0.3 is 9.53 Å². The van der Waals surface area contributed by atoms with E-state index in [1.165, 1.54) is 0 Å². The number of ether oxygens (including phenoxy) is 1. The molecule has 1 aromatic rings. The highest BCUT2D eigenvalue weighted by Gasteiger charge is 2.05. The van der Waals surface area contributed by atoms with Crippen molar-refractivity contribution in [3.63, 3.8) is 0 Å². The molecule has 0 saturated heterocycles. The van der Waals surface area contributed by atoms with Crippen molar-refractivity contribution in [2.24, 2.45) is 5.11 Å². The van der Waals surface area contributed by atoms with E-state index < -0.39 is 6.04 Å². The molecule has 1 aromatic carbocycles. The summed E-state index contributed by atoms with van der Waals surface area (Å²) in [7, 11) is 0. The molecule has 0 aliphatic carbocycles. The average molecular weight is 219 g/mol. The Morgan fingerprint density at radius 2 is 2.19 bits per heavy atom. The van der Waals surface area contributed by atoms with Crippen LogP contribution in [0.25, 0.3) is 10.4 Å². The zero-order valence-electron chi connectivity index (χ0n) is 8.82. The fourth-order valence-corrected chi connectivity index (χ4v) is 1.22. The second kappa shape index (κ2) is 7.45. The van der Waals surface area contributed by atoms with Gasteiger partial charge in [0.1, 0.15) is 6.29 Å². The maximum Gasteiger partial charge on any atom is 0.120 e. The summed E-state index contributed by atoms with van der Waals surface area (Å²) < 4.78 is 5.36. The highest BCUT2D eigenvalue weighted by atomic mass is 16.5. The number of aldehydes is 1. The molecule has 1 unspecified atom stereocenters. The molecule has 0 bridgehead atoms. The topological polar surface area (TPSA) is 75.1 Å². The highest BCUT2D eigenvalue weighted by molar-refractivity contribution is 5.50. The molecule has 5 nitrogen and oxygen atoms in total. The molecule has 0 heterocycles. The summed E-state index contributed by atoms with van der Waals surface area (Å²) in [5.41, 5.74) is 9.32. The molecule has 0 N–H and O–H groups in total. The van der Waals surface area contributed by atoms with Crippen molar-refractivity contribution < 1.29 is 9.53 Å². The first kappa shape index (κ1) is 12.2. The fraction of sp³-hybridized carbons (Fsp3) is 0.364. The smallest absolute Gasteiger partial charge is 0.120 e. The SMILES string of the molecule is [N-]=[N+]=NC(CC=O)COCc1ccccc1. The maximum absolute atomic E-state index is 10.3. The molecule has 0 fully saturated rings. The number of carbonyl (C=O) groups excluding carboxylic acids is 1. The van der Waals surface area contributed by atoms with E-state index in [4.69, 9.17) is 10.3 Å². The minimum Gasteiger partial charge on any atom is -0.376 e. The standard InChI is InChI=1S/C11H13N3O2/c12-14-13-11(6-7-15)9-16-8-10-4-2-1-3-5-10/h1-5,7,11H,6,8-9H2. The summed E-state index contributed by atoms with van der Waals surface area (Å²) in [4.78, 5) is 13.0. The second-order valence-electron chi connectivity index (χ2n) is 3.26. The van der Waals surface area contributed by atoms with Gasteiger partial charge in [0.2, 0.25) is 0 Å². The Morgan fingerprint density at radius 1 is 1.44 bits per heavy atom. The van der Waals surface area contributed by atoms with Crippen LogP contribution < -0.4 is 0 Å². The first-order valence-corrected chi connectivity index (χ1v) is 4.96. The Morgan fingerprint density at radius 3 is 2.81 bits per heavy atom. The van der Waals surface area contributed by atoms with Crippen LogP contribution in [0.2, 0.25) is 0 Å². The molecular formula is C11H13N3O2. The van der Waals surface area contributed by atoms with Crippen molar-refractivity contribution in [2.45, 2.75) is 19.1 Å². The number of hydrogen-bond acceptors (Lipinski definition) is 3. The molecular weight excluding hydrogens is 206 g/mol. The quantitative estimate of drug-likeness (QED) is 0.306. The molecule has 1 atom stereocenters. The summed E-state index contributed by atoms with van der Waals surface area (Å²) in [6.07, 6.45) is 0.921. The Balaban J connectivity index is 2.33. The largest absolute Gasteiger partial charge is 0.376 e. The van der Waals surface area contributed by atoms with Gasteiger partial charge in [-0.1, -0.05) is 35.4 Å². The Hall–Kier alpha value is -1.84. The van der Waals surface area contributed by atoms with Crippen LogP contribution in [0.4, 0.5) is 0 Å². The monoisotopic (exact) mass is 219 g/mol. The lowest BCUT2D eigenvalue weighted by molar-refractivity contribution is -0.108. The molecule has 0 aliphatic heterocycles. The van der Waals surface area contributed by atoms with Crippen molar-refractivity contribution in [1.82, 2.24) is 0 Å². The Kier molecular flexibility index (Phi) is 5.70. The number of rotatable bonds is 7. The Labute approximate surface area is 93.7 Å². The average Bonchev–Trinajstić information content (AvgIpc) is 2.31. The van der Waals surface area contributed by atoms with Gasteiger partial charge >= 0.3 is 0 Å². The van der Waals surface area contributed by atoms with Crippen LogP contribution in [0.1, 0.15) is 12.0 Å². The highest BCUT2D eigenvalue weighted by Crippen LogP contribution is 2.03. The number of carbonyl (C=O) groups is 1. The van der Waals surface area contributed by atoms with Crippen LogP contribution in [-0.2, 0) is 16.1 Å². The van der Waals surface area contributed by atoms with E-state index in [1.54, 1.807) is 0 Å². The van der Waals surface area contributed by atoms with Gasteiger partial charge in [-0.15, -0.1) is 0 Å². The van der Waals surface area contributed by atoms with Gasteiger partial charge in [-0.05, 0) is 11.1 Å². The lowest BCUT2D eigenvalue weighted by atomic mass is 10.2. The molecule has 0 amide bonds. The van der Waals surface area contributed by atoms with Gasteiger partial charge in [0.25, 0.3) is 0 Å². The normalized spacial score (nSPS) is 11.5. The predicted octanol–water partition coefficient (Wildman–Crippen LogP) is 2.47. The molecule has 5 heteroatoms. The maximum atomic E-state index is 10.3. The zero-order chi connectivity index (χ0) is 11.6. The minimum absolute atomic E-state index is 0.193. The lowest BCUT2D eigenvalue weighted by Crippen LogP contribution is -2.13. The third-order valence-corrected chi connectivity index (χ3v) is 2.01. The van der Waals surface area contributed by atoms with Crippen LogP contribution in [0.15, 0.2) is 35.4 Å². The number of azide groups is 1. The third kappa shape index (κ3) is 4.59. The number of hydrogen-bond donors (Lipinski definition) is 0. The van der Waals surface area contributed by atoms with Crippen molar-refractivity contribution >= 4 is 6.29 Å². The minimum atomic E-state index is -0.411. The van der Waals surface area contributed by atoms with E-state index in [-0.39, 0.29) is 13.0 Å². The summed E-state index contributed by atoms with van der Waals surface area (Å²) in [6, 6.07) is 9.26. The van der Waals surface area contributed by atoms with E-state index in [2.05, 4.69) is 10.0 Å². The number of benzene rings is 1. The first-order chi connectivity index (χ1) is 7.86. The van der Waals surface area contributed by atoms with Gasteiger partial charge in [-0.25, -0.2) is 0 Å². The number of nitrogens with zero attached hydrogens (tertiary/aromatic N) is 3. The molecule has 16 heavy (non-hydrogen) atoms. The molecule has 0 radical (unpaired) electrons. The first-order valence-electron chi connectivity index (χ1n) is 4.96. The van der Waals surface area contributed by atoms with Crippen LogP contribution in [-0.4, -0.2) is 18.9 Å². The molecule has 0 saturated carbocycles. The lowest BCUT2D eigenvalue weighted by Gasteiger charge is -2.08. The van der Waals surface area contributed by atoms with E-state index in [0.29, 0.717) is 6.61 Å². The van der Waals surface area contributed by atoms with Crippen LogP contribution >= 0.6 is 0 Å². The van der Waals surface area contributed by atoms with E-state index in [1.807, 2.05) is 30.3 Å². The predicted molar refractivity (Wildman–Crippen MR) is 59.7 cm³/mol. The van der Waals surface area contributed by atoms with Gasteiger partial charge in [-0.2, -0.15) is 0 Å². The van der Waals surface area contributed by atoms with Crippen molar-refractivity contribution in [1.29, 1.82) is 0 Å². The van der Waals surface area contributed by atoms with Gasteiger partial charge in [0, 0.05) is 11.3 Å². The third-order valence-electron chi connectivity index (χ3n) is 2.01. The van der Waals surface area contributed by atoms with E-state index in [9.17, 15) is 4.79 Å². The van der Waals surface area contributed by atoms with Crippen LogP contribution in [0, 0.1) is 0 Å². The van der Waals surface area contributed by atoms with Crippen molar-refractivity contribution in [2.75, 3.05) is 6.61 Å². The zero-order valence-corrected chi connectivity index (χ0v) is 8.82. The van der Waals surface area contributed by atoms with Gasteiger partial charge in [0.05, 0.1) is 19.3 Å². The Bertz CT molecular complexity index is 361. The molecule has 84 valence electrons. The molecule has 0 aromatic heterocycles.